The van der Waals surface area contributed by atoms with Crippen molar-refractivity contribution in [2.45, 2.75) is 66.0 Å². The van der Waals surface area contributed by atoms with Crippen molar-refractivity contribution in [3.05, 3.63) is 36.2 Å². The maximum absolute atomic E-state index is 4.35. The number of allylic oxidation sites excluding steroid dienone is 4. The molecule has 0 bridgehead atoms. The highest BCUT2D eigenvalue weighted by Crippen LogP contribution is 2.32. The second kappa shape index (κ2) is 8.58. The highest BCUT2D eigenvalue weighted by molar-refractivity contribution is 5.36. The summed E-state index contributed by atoms with van der Waals surface area (Å²) in [6, 6.07) is 0.634. The number of nitrogens with one attached hydrogen (secondary N) is 1. The molecule has 24 heavy (non-hydrogen) atoms. The van der Waals surface area contributed by atoms with E-state index in [1.807, 2.05) is 0 Å². The molecule has 2 aliphatic rings. The monoisotopic (exact) mass is 326 g/mol. The van der Waals surface area contributed by atoms with E-state index < -0.39 is 0 Å². The number of rotatable bonds is 4. The summed E-state index contributed by atoms with van der Waals surface area (Å²) in [5, 5.41) is 3.62. The van der Waals surface area contributed by atoms with Gasteiger partial charge in [-0.2, -0.15) is 0 Å². The third-order valence-corrected chi connectivity index (χ3v) is 5.06. The molecule has 1 aliphatic carbocycles. The Morgan fingerprint density at radius 1 is 1.38 bits per heavy atom. The maximum Gasteiger partial charge on any atom is 0.0854 e. The van der Waals surface area contributed by atoms with Crippen molar-refractivity contribution in [1.29, 1.82) is 0 Å². The summed E-state index contributed by atoms with van der Waals surface area (Å²) in [7, 11) is 0. The Morgan fingerprint density at radius 3 is 2.75 bits per heavy atom. The zero-order valence-corrected chi connectivity index (χ0v) is 16.1. The Labute approximate surface area is 149 Å². The van der Waals surface area contributed by atoms with Crippen LogP contribution in [0.3, 0.4) is 0 Å². The number of nitrogens with zero attached hydrogens (tertiary/aromatic N) is 1. The minimum absolute atomic E-state index is 0.212. The summed E-state index contributed by atoms with van der Waals surface area (Å²) in [5.41, 5.74) is 2.22. The molecular weight excluding hydrogens is 292 g/mol. The first-order valence-corrected chi connectivity index (χ1v) is 9.55. The molecule has 0 amide bonds. The highest BCUT2D eigenvalue weighted by Gasteiger charge is 2.33. The summed E-state index contributed by atoms with van der Waals surface area (Å²) in [5.74, 6) is 8.36. The predicted molar refractivity (Wildman–Crippen MR) is 104 cm³/mol. The lowest BCUT2D eigenvalue weighted by Crippen LogP contribution is -2.46. The standard InChI is InChI=1S/C22H34N2/c1-7-9-20-15-23-18(5)12-13-19(6)24(22(20)16(2)3)21-11-8-10-17(4)14-21/h8,11,14,16-18,20,22-23H,6-7,9-10,15H2,1-5H3/t17-,18?,20-,22?/m0/s1. The van der Waals surface area contributed by atoms with E-state index in [1.54, 1.807) is 0 Å². The van der Waals surface area contributed by atoms with Crippen molar-refractivity contribution >= 4 is 0 Å². The van der Waals surface area contributed by atoms with Gasteiger partial charge in [-0.3, -0.25) is 0 Å². The van der Waals surface area contributed by atoms with Crippen molar-refractivity contribution in [3.63, 3.8) is 0 Å². The van der Waals surface area contributed by atoms with E-state index in [-0.39, 0.29) is 6.04 Å². The third kappa shape index (κ3) is 4.54. The molecule has 2 unspecified atom stereocenters. The van der Waals surface area contributed by atoms with Crippen LogP contribution in [-0.4, -0.2) is 23.5 Å². The van der Waals surface area contributed by atoms with Crippen LogP contribution < -0.4 is 5.32 Å². The molecule has 0 saturated carbocycles. The van der Waals surface area contributed by atoms with Gasteiger partial charge in [0.05, 0.1) is 11.7 Å². The van der Waals surface area contributed by atoms with Crippen LogP contribution >= 0.6 is 0 Å². The fourth-order valence-corrected chi connectivity index (χ4v) is 3.94. The molecule has 0 saturated heterocycles. The van der Waals surface area contributed by atoms with Crippen LogP contribution in [-0.2, 0) is 0 Å². The maximum atomic E-state index is 4.35. The van der Waals surface area contributed by atoms with E-state index in [9.17, 15) is 0 Å². The fourth-order valence-electron chi connectivity index (χ4n) is 3.94. The molecule has 1 aliphatic heterocycles. The summed E-state index contributed by atoms with van der Waals surface area (Å²) < 4.78 is 0. The van der Waals surface area contributed by atoms with E-state index >= 15 is 0 Å². The molecule has 1 N–H and O–H groups in total. The van der Waals surface area contributed by atoms with E-state index in [1.165, 1.54) is 18.5 Å². The first kappa shape index (κ1) is 18.9. The van der Waals surface area contributed by atoms with Crippen molar-refractivity contribution in [2.24, 2.45) is 17.8 Å². The van der Waals surface area contributed by atoms with Gasteiger partial charge in [0.25, 0.3) is 0 Å². The van der Waals surface area contributed by atoms with Crippen LogP contribution in [0.15, 0.2) is 36.2 Å². The minimum Gasteiger partial charge on any atom is -0.332 e. The Kier molecular flexibility index (Phi) is 6.75. The van der Waals surface area contributed by atoms with Gasteiger partial charge in [0.15, 0.2) is 0 Å². The van der Waals surface area contributed by atoms with Crippen LogP contribution in [0.4, 0.5) is 0 Å². The number of hydrogen-bond donors (Lipinski definition) is 1. The summed E-state index contributed by atoms with van der Waals surface area (Å²) in [6.45, 7) is 16.7. The van der Waals surface area contributed by atoms with Crippen LogP contribution in [0.25, 0.3) is 0 Å². The molecule has 2 nitrogen and oxygen atoms in total. The predicted octanol–water partition coefficient (Wildman–Crippen LogP) is 4.72. The second-order valence-corrected chi connectivity index (χ2v) is 7.71. The third-order valence-electron chi connectivity index (χ3n) is 5.06. The molecule has 0 radical (unpaired) electrons. The molecule has 2 rings (SSSR count). The second-order valence-electron chi connectivity index (χ2n) is 7.71. The van der Waals surface area contributed by atoms with Crippen LogP contribution in [0.5, 0.6) is 0 Å². The SMILES string of the molecule is C=C1C#CC(C)NC[C@H](CCC)C(C(C)C)N1C1=C[C@@H](C)CC=C1. The smallest absolute Gasteiger partial charge is 0.0854 e. The zero-order valence-electron chi connectivity index (χ0n) is 16.1. The lowest BCUT2D eigenvalue weighted by Gasteiger charge is -2.42. The van der Waals surface area contributed by atoms with Crippen molar-refractivity contribution < 1.29 is 0 Å². The zero-order chi connectivity index (χ0) is 17.7. The van der Waals surface area contributed by atoms with E-state index in [2.05, 4.69) is 81.5 Å². The average Bonchev–Trinajstić information content (AvgIpc) is 2.59. The molecule has 0 aromatic rings. The van der Waals surface area contributed by atoms with E-state index in [0.717, 1.165) is 18.7 Å². The van der Waals surface area contributed by atoms with E-state index in [4.69, 9.17) is 0 Å². The molecule has 0 spiro atoms. The lowest BCUT2D eigenvalue weighted by atomic mass is 9.84. The molecule has 132 valence electrons. The molecule has 4 atom stereocenters. The molecular formula is C22H34N2. The van der Waals surface area contributed by atoms with Crippen LogP contribution in [0.2, 0.25) is 0 Å². The molecule has 2 heteroatoms. The summed E-state index contributed by atoms with van der Waals surface area (Å²) in [4.78, 5) is 2.43. The van der Waals surface area contributed by atoms with Crippen LogP contribution in [0.1, 0.15) is 53.9 Å². The molecule has 1 heterocycles. The summed E-state index contributed by atoms with van der Waals surface area (Å²) in [6.07, 6.45) is 10.5. The topological polar surface area (TPSA) is 15.3 Å². The normalized spacial score (nSPS) is 31.0. The fraction of sp³-hybridized carbons (Fsp3) is 0.636. The van der Waals surface area contributed by atoms with Crippen molar-refractivity contribution in [2.75, 3.05) is 6.54 Å². The quantitative estimate of drug-likeness (QED) is 0.752. The minimum atomic E-state index is 0.212. The summed E-state index contributed by atoms with van der Waals surface area (Å²) >= 11 is 0. The van der Waals surface area contributed by atoms with Gasteiger partial charge in [0, 0.05) is 18.3 Å². The lowest BCUT2D eigenvalue weighted by molar-refractivity contribution is 0.167. The van der Waals surface area contributed by atoms with Gasteiger partial charge in [-0.15, -0.1) is 0 Å². The Bertz CT molecular complexity index is 558. The van der Waals surface area contributed by atoms with Crippen molar-refractivity contribution in [3.8, 4) is 11.8 Å². The Morgan fingerprint density at radius 2 is 2.12 bits per heavy atom. The van der Waals surface area contributed by atoms with E-state index in [0.29, 0.717) is 23.8 Å². The first-order chi connectivity index (χ1) is 11.4. The highest BCUT2D eigenvalue weighted by atomic mass is 15.2. The van der Waals surface area contributed by atoms with Crippen LogP contribution in [0, 0.1) is 29.6 Å². The van der Waals surface area contributed by atoms with Gasteiger partial charge >= 0.3 is 0 Å². The van der Waals surface area contributed by atoms with Gasteiger partial charge in [0.1, 0.15) is 0 Å². The first-order valence-electron chi connectivity index (χ1n) is 9.55. The molecule has 0 fully saturated rings. The van der Waals surface area contributed by atoms with Gasteiger partial charge in [-0.25, -0.2) is 0 Å². The molecule has 0 aromatic heterocycles. The van der Waals surface area contributed by atoms with Gasteiger partial charge < -0.3 is 10.2 Å². The number of hydrogen-bond acceptors (Lipinski definition) is 2. The largest absolute Gasteiger partial charge is 0.332 e. The Balaban J connectivity index is 2.47. The van der Waals surface area contributed by atoms with Crippen molar-refractivity contribution in [1.82, 2.24) is 10.2 Å². The van der Waals surface area contributed by atoms with Gasteiger partial charge in [0.2, 0.25) is 0 Å². The molecule has 0 aromatic carbocycles. The van der Waals surface area contributed by atoms with Gasteiger partial charge in [-0.1, -0.05) is 58.8 Å². The Hall–Kier alpha value is -1.46. The van der Waals surface area contributed by atoms with Gasteiger partial charge in [-0.05, 0) is 49.5 Å². The average molecular weight is 327 g/mol.